The fourth-order valence-electron chi connectivity index (χ4n) is 3.62. The van der Waals surface area contributed by atoms with E-state index in [0.717, 1.165) is 0 Å². The molecule has 2 saturated heterocycles. The minimum atomic E-state index is -2.69. The van der Waals surface area contributed by atoms with Crippen molar-refractivity contribution in [3.05, 3.63) is 29.8 Å². The van der Waals surface area contributed by atoms with Crippen molar-refractivity contribution >= 4 is 5.91 Å². The highest BCUT2D eigenvalue weighted by Gasteiger charge is 2.50. The summed E-state index contributed by atoms with van der Waals surface area (Å²) >= 11 is 0. The Labute approximate surface area is 146 Å². The first-order valence-corrected chi connectivity index (χ1v) is 8.59. The van der Waals surface area contributed by atoms with E-state index in [2.05, 4.69) is 0 Å². The van der Waals surface area contributed by atoms with Gasteiger partial charge in [-0.1, -0.05) is 12.1 Å². The van der Waals surface area contributed by atoms with Crippen molar-refractivity contribution < 1.29 is 23.0 Å². The van der Waals surface area contributed by atoms with Crippen LogP contribution >= 0.6 is 0 Å². The van der Waals surface area contributed by atoms with E-state index in [-0.39, 0.29) is 37.6 Å². The van der Waals surface area contributed by atoms with Gasteiger partial charge >= 0.3 is 0 Å². The number of hydrogen-bond donors (Lipinski definition) is 0. The highest BCUT2D eigenvalue weighted by atomic mass is 19.3. The van der Waals surface area contributed by atoms with Crippen LogP contribution in [-0.4, -0.2) is 73.7 Å². The molecule has 2 fully saturated rings. The van der Waals surface area contributed by atoms with Crippen LogP contribution in [0.4, 0.5) is 8.78 Å². The molecule has 0 unspecified atom stereocenters. The number of likely N-dealkylation sites (tertiary alicyclic amines) is 2. The Morgan fingerprint density at radius 3 is 2.72 bits per heavy atom. The Kier molecular flexibility index (Phi) is 5.24. The molecule has 1 amide bonds. The fraction of sp³-hybridized carbons (Fsp3) is 0.611. The van der Waals surface area contributed by atoms with Gasteiger partial charge in [0, 0.05) is 38.7 Å². The Morgan fingerprint density at radius 1 is 1.32 bits per heavy atom. The van der Waals surface area contributed by atoms with E-state index < -0.39 is 5.92 Å². The summed E-state index contributed by atoms with van der Waals surface area (Å²) in [6.07, 6.45) is -0.182. The summed E-state index contributed by atoms with van der Waals surface area (Å²) in [6, 6.07) is 6.78. The number of carbonyl (C=O) groups excluding carboxylic acids is 1. The smallest absolute Gasteiger partial charge is 0.262 e. The molecule has 0 N–H and O–H groups in total. The maximum Gasteiger partial charge on any atom is 0.262 e. The van der Waals surface area contributed by atoms with Gasteiger partial charge in [0.2, 0.25) is 0 Å². The molecule has 138 valence electrons. The van der Waals surface area contributed by atoms with Gasteiger partial charge in [0.05, 0.1) is 25.3 Å². The van der Waals surface area contributed by atoms with Crippen LogP contribution in [0.3, 0.4) is 0 Å². The molecule has 2 aliphatic heterocycles. The summed E-state index contributed by atoms with van der Waals surface area (Å²) in [5.74, 6) is -2.24. The van der Waals surface area contributed by atoms with Crippen LogP contribution in [0.15, 0.2) is 24.3 Å². The average Bonchev–Trinajstić information content (AvgIpc) is 2.81. The number of nitrogens with zero attached hydrogens (tertiary/aromatic N) is 2. The van der Waals surface area contributed by atoms with Gasteiger partial charge in [-0.2, -0.15) is 0 Å². The highest BCUT2D eigenvalue weighted by Crippen LogP contribution is 2.36. The summed E-state index contributed by atoms with van der Waals surface area (Å²) in [6.45, 7) is 3.28. The molecule has 7 heteroatoms. The summed E-state index contributed by atoms with van der Waals surface area (Å²) in [5, 5.41) is 0. The summed E-state index contributed by atoms with van der Waals surface area (Å²) in [4.78, 5) is 16.1. The van der Waals surface area contributed by atoms with Crippen LogP contribution in [0, 0.1) is 0 Å². The Bertz CT molecular complexity index is 620. The van der Waals surface area contributed by atoms with E-state index in [1.54, 1.807) is 28.0 Å². The molecule has 2 heterocycles. The van der Waals surface area contributed by atoms with E-state index in [4.69, 9.17) is 9.47 Å². The number of alkyl halides is 2. The van der Waals surface area contributed by atoms with E-state index in [1.807, 2.05) is 13.0 Å². The Hall–Kier alpha value is -1.73. The minimum Gasteiger partial charge on any atom is -0.493 e. The number of methoxy groups -OCH3 is 1. The first-order chi connectivity index (χ1) is 11.9. The molecule has 0 saturated carbocycles. The average molecular weight is 354 g/mol. The van der Waals surface area contributed by atoms with Crippen LogP contribution in [0.5, 0.6) is 5.75 Å². The van der Waals surface area contributed by atoms with Crippen molar-refractivity contribution in [2.75, 3.05) is 40.0 Å². The van der Waals surface area contributed by atoms with Gasteiger partial charge in [-0.05, 0) is 19.1 Å². The number of rotatable bonds is 6. The second-order valence-corrected chi connectivity index (χ2v) is 6.63. The molecule has 1 aromatic rings. The van der Waals surface area contributed by atoms with Crippen molar-refractivity contribution in [2.24, 2.45) is 0 Å². The van der Waals surface area contributed by atoms with E-state index in [1.165, 1.54) is 7.11 Å². The summed E-state index contributed by atoms with van der Waals surface area (Å²) in [5.41, 5.74) is 0.517. The number of para-hydroxylation sites is 1. The van der Waals surface area contributed by atoms with Crippen LogP contribution in [-0.2, 0) is 4.74 Å². The molecule has 1 atom stereocenters. The number of hydrogen-bond acceptors (Lipinski definition) is 4. The normalized spacial score (nSPS) is 23.5. The lowest BCUT2D eigenvalue weighted by Crippen LogP contribution is -2.62. The molecule has 25 heavy (non-hydrogen) atoms. The minimum absolute atomic E-state index is 0.0447. The third-order valence-corrected chi connectivity index (χ3v) is 4.81. The predicted molar refractivity (Wildman–Crippen MR) is 89.2 cm³/mol. The predicted octanol–water partition coefficient (Wildman–Crippen LogP) is 2.27. The van der Waals surface area contributed by atoms with Crippen molar-refractivity contribution in [1.29, 1.82) is 0 Å². The molecule has 0 aromatic heterocycles. The maximum atomic E-state index is 13.8. The number of ether oxygens (including phenoxy) is 2. The quantitative estimate of drug-likeness (QED) is 0.786. The molecule has 0 bridgehead atoms. The van der Waals surface area contributed by atoms with Crippen LogP contribution in [0.1, 0.15) is 23.7 Å². The Balaban J connectivity index is 1.63. The number of carbonyl (C=O) groups is 1. The van der Waals surface area contributed by atoms with Crippen molar-refractivity contribution in [1.82, 2.24) is 9.80 Å². The first kappa shape index (κ1) is 18.1. The van der Waals surface area contributed by atoms with Gasteiger partial charge in [-0.15, -0.1) is 0 Å². The van der Waals surface area contributed by atoms with Gasteiger partial charge in [0.15, 0.2) is 0 Å². The van der Waals surface area contributed by atoms with E-state index in [9.17, 15) is 13.6 Å². The lowest BCUT2D eigenvalue weighted by molar-refractivity contribution is -0.0137. The Morgan fingerprint density at radius 2 is 2.04 bits per heavy atom. The first-order valence-electron chi connectivity index (χ1n) is 8.59. The van der Waals surface area contributed by atoms with E-state index in [0.29, 0.717) is 31.0 Å². The van der Waals surface area contributed by atoms with E-state index >= 15 is 0 Å². The lowest BCUT2D eigenvalue weighted by atomic mass is 10.0. The monoisotopic (exact) mass is 354 g/mol. The van der Waals surface area contributed by atoms with Crippen LogP contribution in [0.2, 0.25) is 0 Å². The van der Waals surface area contributed by atoms with Gasteiger partial charge < -0.3 is 14.4 Å². The van der Waals surface area contributed by atoms with Crippen LogP contribution in [0.25, 0.3) is 0 Å². The topological polar surface area (TPSA) is 42.0 Å². The molecule has 0 aliphatic carbocycles. The SMILES string of the molecule is CCOc1ccccc1C(=O)N1CC(N2CC(F)(F)C[C@H]2COC)C1. The second kappa shape index (κ2) is 7.25. The van der Waals surface area contributed by atoms with Crippen molar-refractivity contribution in [3.8, 4) is 5.75 Å². The third-order valence-electron chi connectivity index (χ3n) is 4.81. The summed E-state index contributed by atoms with van der Waals surface area (Å²) in [7, 11) is 1.52. The zero-order valence-electron chi connectivity index (χ0n) is 14.6. The number of benzene rings is 1. The second-order valence-electron chi connectivity index (χ2n) is 6.63. The molecule has 1 aromatic carbocycles. The third kappa shape index (κ3) is 3.77. The summed E-state index contributed by atoms with van der Waals surface area (Å²) < 4.78 is 38.1. The number of halogens is 2. The standard InChI is InChI=1S/C18H24F2N2O3/c1-3-25-16-7-5-4-6-15(16)17(23)21-9-14(10-21)22-12-18(19,20)8-13(22)11-24-2/h4-7,13-14H,3,8-12H2,1-2H3/t13-/m0/s1. The van der Waals surface area contributed by atoms with Crippen molar-refractivity contribution in [2.45, 2.75) is 31.4 Å². The van der Waals surface area contributed by atoms with Gasteiger partial charge in [-0.3, -0.25) is 9.69 Å². The van der Waals surface area contributed by atoms with Gasteiger partial charge in [-0.25, -0.2) is 8.78 Å². The van der Waals surface area contributed by atoms with Gasteiger partial charge in [0.1, 0.15) is 5.75 Å². The van der Waals surface area contributed by atoms with Crippen molar-refractivity contribution in [3.63, 3.8) is 0 Å². The molecular formula is C18H24F2N2O3. The van der Waals surface area contributed by atoms with Crippen LogP contribution < -0.4 is 4.74 Å². The highest BCUT2D eigenvalue weighted by molar-refractivity contribution is 5.97. The molecule has 0 spiro atoms. The molecule has 5 nitrogen and oxygen atoms in total. The molecule has 2 aliphatic rings. The molecule has 3 rings (SSSR count). The zero-order chi connectivity index (χ0) is 18.0. The maximum absolute atomic E-state index is 13.8. The molecule has 0 radical (unpaired) electrons. The fourth-order valence-corrected chi connectivity index (χ4v) is 3.62. The molecular weight excluding hydrogens is 330 g/mol. The van der Waals surface area contributed by atoms with Gasteiger partial charge in [0.25, 0.3) is 11.8 Å². The lowest BCUT2D eigenvalue weighted by Gasteiger charge is -2.45. The number of amides is 1. The largest absolute Gasteiger partial charge is 0.493 e. The zero-order valence-corrected chi connectivity index (χ0v) is 14.6.